The zero-order chi connectivity index (χ0) is 16.6. The van der Waals surface area contributed by atoms with Gasteiger partial charge in [0.15, 0.2) is 6.04 Å². The van der Waals surface area contributed by atoms with Crippen molar-refractivity contribution >= 4 is 35.0 Å². The standard InChI is InChI=1S/C16H18ClN3O3/c17-11-3-1-2-4-12(11)20-14(21)9-13(16(20)23)19-7-5-10(6-8-19)15(18)22/h1-4,10,13H,5-9H2,(H2,18,22)/p+1/t13-/m1/s1. The highest BCUT2D eigenvalue weighted by atomic mass is 35.5. The van der Waals surface area contributed by atoms with Crippen LogP contribution in [0.25, 0.3) is 0 Å². The number of halogens is 1. The van der Waals surface area contributed by atoms with Gasteiger partial charge in [-0.1, -0.05) is 23.7 Å². The highest BCUT2D eigenvalue weighted by Crippen LogP contribution is 2.29. The summed E-state index contributed by atoms with van der Waals surface area (Å²) in [5, 5.41) is 0.386. The molecule has 122 valence electrons. The lowest BCUT2D eigenvalue weighted by atomic mass is 9.95. The van der Waals surface area contributed by atoms with Crippen molar-refractivity contribution in [2.45, 2.75) is 25.3 Å². The van der Waals surface area contributed by atoms with Crippen molar-refractivity contribution in [3.8, 4) is 0 Å². The molecular formula is C16H19ClN3O3+. The first-order valence-corrected chi connectivity index (χ1v) is 8.12. The average Bonchev–Trinajstić information content (AvgIpc) is 2.83. The quantitative estimate of drug-likeness (QED) is 0.747. The average molecular weight is 337 g/mol. The fraction of sp³-hybridized carbons (Fsp3) is 0.438. The van der Waals surface area contributed by atoms with E-state index in [-0.39, 0.29) is 30.1 Å². The predicted octanol–water partition coefficient (Wildman–Crippen LogP) is -0.248. The van der Waals surface area contributed by atoms with Gasteiger partial charge in [0.25, 0.3) is 5.91 Å². The van der Waals surface area contributed by atoms with Gasteiger partial charge in [-0.05, 0) is 12.1 Å². The summed E-state index contributed by atoms with van der Waals surface area (Å²) in [6.45, 7) is 1.35. The third-order valence-electron chi connectivity index (χ3n) is 4.76. The van der Waals surface area contributed by atoms with E-state index in [1.54, 1.807) is 24.3 Å². The largest absolute Gasteiger partial charge is 0.369 e. The van der Waals surface area contributed by atoms with Gasteiger partial charge in [-0.3, -0.25) is 14.4 Å². The van der Waals surface area contributed by atoms with Crippen molar-refractivity contribution in [3.05, 3.63) is 29.3 Å². The summed E-state index contributed by atoms with van der Waals surface area (Å²) in [5.74, 6) is -0.838. The number of hydrogen-bond donors (Lipinski definition) is 2. The van der Waals surface area contributed by atoms with Gasteiger partial charge in [0.05, 0.1) is 30.2 Å². The van der Waals surface area contributed by atoms with Crippen LogP contribution in [0.3, 0.4) is 0 Å². The minimum atomic E-state index is -0.396. The Labute approximate surface area is 139 Å². The molecule has 0 unspecified atom stereocenters. The maximum absolute atomic E-state index is 12.7. The Balaban J connectivity index is 1.75. The molecule has 2 heterocycles. The van der Waals surface area contributed by atoms with Crippen LogP contribution in [0.5, 0.6) is 0 Å². The van der Waals surface area contributed by atoms with Crippen LogP contribution in [-0.4, -0.2) is 36.9 Å². The zero-order valence-corrected chi connectivity index (χ0v) is 13.4. The first-order chi connectivity index (χ1) is 11.0. The Morgan fingerprint density at radius 3 is 2.48 bits per heavy atom. The highest BCUT2D eigenvalue weighted by molar-refractivity contribution is 6.36. The molecular weight excluding hydrogens is 318 g/mol. The lowest BCUT2D eigenvalue weighted by Gasteiger charge is -2.30. The minimum absolute atomic E-state index is 0.120. The van der Waals surface area contributed by atoms with Gasteiger partial charge in [-0.2, -0.15) is 0 Å². The number of rotatable bonds is 3. The van der Waals surface area contributed by atoms with Gasteiger partial charge in [0.2, 0.25) is 11.8 Å². The Kier molecular flexibility index (Phi) is 4.37. The summed E-state index contributed by atoms with van der Waals surface area (Å²) >= 11 is 6.12. The number of para-hydroxylation sites is 1. The molecule has 23 heavy (non-hydrogen) atoms. The first kappa shape index (κ1) is 16.0. The molecule has 1 atom stereocenters. The fourth-order valence-corrected chi connectivity index (χ4v) is 3.68. The SMILES string of the molecule is NC(=O)C1CC[NH+]([C@@H]2CC(=O)N(c3ccccc3Cl)C2=O)CC1. The summed E-state index contributed by atoms with van der Waals surface area (Å²) in [7, 11) is 0. The van der Waals surface area contributed by atoms with Gasteiger partial charge in [0, 0.05) is 18.8 Å². The van der Waals surface area contributed by atoms with Crippen LogP contribution in [-0.2, 0) is 14.4 Å². The van der Waals surface area contributed by atoms with E-state index < -0.39 is 6.04 Å². The van der Waals surface area contributed by atoms with Crippen molar-refractivity contribution in [2.75, 3.05) is 18.0 Å². The maximum atomic E-state index is 12.7. The molecule has 7 heteroatoms. The molecule has 2 aliphatic rings. The number of nitrogens with one attached hydrogen (secondary N) is 1. The first-order valence-electron chi connectivity index (χ1n) is 7.74. The second-order valence-electron chi connectivity index (χ2n) is 6.11. The molecule has 1 aromatic carbocycles. The van der Waals surface area contributed by atoms with E-state index in [1.807, 2.05) is 0 Å². The number of anilines is 1. The Hall–Kier alpha value is -1.92. The summed E-state index contributed by atoms with van der Waals surface area (Å²) in [6.07, 6.45) is 1.50. The van der Waals surface area contributed by atoms with E-state index in [4.69, 9.17) is 17.3 Å². The lowest BCUT2D eigenvalue weighted by molar-refractivity contribution is -0.920. The number of hydrogen-bond acceptors (Lipinski definition) is 3. The third-order valence-corrected chi connectivity index (χ3v) is 5.08. The minimum Gasteiger partial charge on any atom is -0.369 e. The molecule has 1 aromatic rings. The molecule has 2 aliphatic heterocycles. The maximum Gasteiger partial charge on any atom is 0.292 e. The van der Waals surface area contributed by atoms with E-state index in [2.05, 4.69) is 0 Å². The van der Waals surface area contributed by atoms with Crippen LogP contribution in [0.1, 0.15) is 19.3 Å². The number of likely N-dealkylation sites (tertiary alicyclic amines) is 1. The zero-order valence-electron chi connectivity index (χ0n) is 12.6. The predicted molar refractivity (Wildman–Crippen MR) is 85.0 cm³/mol. The molecule has 0 aliphatic carbocycles. The summed E-state index contributed by atoms with van der Waals surface area (Å²) in [6, 6.07) is 6.45. The number of imide groups is 1. The van der Waals surface area contributed by atoms with E-state index in [1.165, 1.54) is 4.90 Å². The number of benzene rings is 1. The molecule has 3 amide bonds. The van der Waals surface area contributed by atoms with Crippen LogP contribution >= 0.6 is 11.6 Å². The lowest BCUT2D eigenvalue weighted by Crippen LogP contribution is -3.17. The van der Waals surface area contributed by atoms with Gasteiger partial charge < -0.3 is 10.6 Å². The van der Waals surface area contributed by atoms with Crippen molar-refractivity contribution in [3.63, 3.8) is 0 Å². The number of amides is 3. The summed E-state index contributed by atoms with van der Waals surface area (Å²) in [4.78, 5) is 38.5. The monoisotopic (exact) mass is 336 g/mol. The second-order valence-corrected chi connectivity index (χ2v) is 6.52. The van der Waals surface area contributed by atoms with Gasteiger partial charge in [-0.15, -0.1) is 0 Å². The molecule has 0 radical (unpaired) electrons. The van der Waals surface area contributed by atoms with Crippen molar-refractivity contribution in [1.29, 1.82) is 0 Å². The van der Waals surface area contributed by atoms with Gasteiger partial charge in [-0.25, -0.2) is 4.90 Å². The third kappa shape index (κ3) is 2.96. The highest BCUT2D eigenvalue weighted by Gasteiger charge is 2.47. The van der Waals surface area contributed by atoms with Gasteiger partial charge >= 0.3 is 0 Å². The van der Waals surface area contributed by atoms with Crippen LogP contribution in [0.15, 0.2) is 24.3 Å². The molecule has 0 aromatic heterocycles. The van der Waals surface area contributed by atoms with Crippen LogP contribution in [0, 0.1) is 5.92 Å². The van der Waals surface area contributed by atoms with Crippen molar-refractivity contribution in [2.24, 2.45) is 11.7 Å². The van der Waals surface area contributed by atoms with E-state index >= 15 is 0 Å². The van der Waals surface area contributed by atoms with Crippen LogP contribution in [0.2, 0.25) is 5.02 Å². The van der Waals surface area contributed by atoms with Crippen molar-refractivity contribution < 1.29 is 19.3 Å². The van der Waals surface area contributed by atoms with Crippen LogP contribution in [0.4, 0.5) is 5.69 Å². The van der Waals surface area contributed by atoms with E-state index in [9.17, 15) is 14.4 Å². The Bertz CT molecular complexity index is 656. The molecule has 3 N–H and O–H groups in total. The number of piperidine rings is 1. The molecule has 2 fully saturated rings. The van der Waals surface area contributed by atoms with Crippen LogP contribution < -0.4 is 15.5 Å². The summed E-state index contributed by atoms with van der Waals surface area (Å²) in [5.41, 5.74) is 5.78. The number of nitrogens with two attached hydrogens (primary N) is 1. The molecule has 2 saturated heterocycles. The Morgan fingerprint density at radius 2 is 1.87 bits per heavy atom. The number of quaternary nitrogens is 1. The smallest absolute Gasteiger partial charge is 0.292 e. The molecule has 0 saturated carbocycles. The molecule has 6 nitrogen and oxygen atoms in total. The van der Waals surface area contributed by atoms with E-state index in [0.29, 0.717) is 36.6 Å². The Morgan fingerprint density at radius 1 is 1.22 bits per heavy atom. The number of carbonyl (C=O) groups excluding carboxylic acids is 3. The number of nitrogens with zero attached hydrogens (tertiary/aromatic N) is 1. The fourth-order valence-electron chi connectivity index (χ4n) is 3.46. The summed E-state index contributed by atoms with van der Waals surface area (Å²) < 4.78 is 0. The number of primary amides is 1. The second kappa shape index (κ2) is 6.29. The molecule has 0 spiro atoms. The molecule has 3 rings (SSSR count). The van der Waals surface area contributed by atoms with Crippen molar-refractivity contribution in [1.82, 2.24) is 0 Å². The topological polar surface area (TPSA) is 84.9 Å². The number of carbonyl (C=O) groups is 3. The van der Waals surface area contributed by atoms with E-state index in [0.717, 1.165) is 4.90 Å². The van der Waals surface area contributed by atoms with Gasteiger partial charge in [0.1, 0.15) is 0 Å². The normalized spacial score (nSPS) is 28.2. The molecule has 0 bridgehead atoms.